The van der Waals surface area contributed by atoms with Crippen molar-refractivity contribution in [2.24, 2.45) is 5.92 Å². The summed E-state index contributed by atoms with van der Waals surface area (Å²) in [6.07, 6.45) is 7.60. The predicted octanol–water partition coefficient (Wildman–Crippen LogP) is 4.37. The molecule has 132 valence electrons. The van der Waals surface area contributed by atoms with E-state index in [9.17, 15) is 4.79 Å². The molecule has 1 amide bonds. The zero-order chi connectivity index (χ0) is 17.9. The van der Waals surface area contributed by atoms with E-state index < -0.39 is 0 Å². The van der Waals surface area contributed by atoms with Crippen LogP contribution in [0.15, 0.2) is 42.7 Å². The Hall–Kier alpha value is -2.60. The Labute approximate surface area is 156 Å². The van der Waals surface area contributed by atoms with Gasteiger partial charge in [-0.3, -0.25) is 10.1 Å². The fourth-order valence-electron chi connectivity index (χ4n) is 3.20. The largest absolute Gasteiger partial charge is 0.298 e. The number of nitrogens with zero attached hydrogens (tertiary/aromatic N) is 3. The first kappa shape index (κ1) is 16.8. The van der Waals surface area contributed by atoms with E-state index in [2.05, 4.69) is 27.2 Å². The average Bonchev–Trinajstić information content (AvgIpc) is 3.10. The van der Waals surface area contributed by atoms with E-state index in [1.807, 2.05) is 30.3 Å². The molecule has 1 aromatic carbocycles. The number of hydrogen-bond acceptors (Lipinski definition) is 5. The van der Waals surface area contributed by atoms with E-state index in [0.717, 1.165) is 30.0 Å². The van der Waals surface area contributed by atoms with Crippen molar-refractivity contribution in [3.63, 3.8) is 0 Å². The van der Waals surface area contributed by atoms with Gasteiger partial charge in [-0.1, -0.05) is 43.7 Å². The van der Waals surface area contributed by atoms with Crippen molar-refractivity contribution in [3.05, 3.63) is 58.9 Å². The van der Waals surface area contributed by atoms with Crippen LogP contribution in [0, 0.1) is 5.92 Å². The minimum atomic E-state index is -0.220. The van der Waals surface area contributed by atoms with Crippen LogP contribution in [0.4, 0.5) is 5.13 Å². The number of carbonyl (C=O) groups is 1. The lowest BCUT2D eigenvalue weighted by molar-refractivity contribution is 0.102. The molecule has 3 aromatic rings. The number of benzene rings is 1. The molecule has 0 saturated carbocycles. The zero-order valence-corrected chi connectivity index (χ0v) is 15.4. The van der Waals surface area contributed by atoms with Crippen LogP contribution in [0.1, 0.15) is 40.7 Å². The first-order valence-corrected chi connectivity index (χ1v) is 9.72. The van der Waals surface area contributed by atoms with E-state index in [4.69, 9.17) is 0 Å². The molecule has 1 aliphatic rings. The fourth-order valence-corrected chi connectivity index (χ4v) is 4.31. The van der Waals surface area contributed by atoms with Gasteiger partial charge in [0.1, 0.15) is 0 Å². The van der Waals surface area contributed by atoms with Gasteiger partial charge in [-0.25, -0.2) is 15.0 Å². The molecule has 5 nitrogen and oxygen atoms in total. The zero-order valence-electron chi connectivity index (χ0n) is 14.6. The number of rotatable bonds is 4. The molecule has 2 aromatic heterocycles. The number of aromatic nitrogens is 3. The van der Waals surface area contributed by atoms with Gasteiger partial charge in [-0.05, 0) is 25.2 Å². The second-order valence-electron chi connectivity index (χ2n) is 6.52. The first-order valence-electron chi connectivity index (χ1n) is 8.90. The van der Waals surface area contributed by atoms with Gasteiger partial charge in [0.05, 0.1) is 11.3 Å². The Morgan fingerprint density at radius 3 is 2.73 bits per heavy atom. The van der Waals surface area contributed by atoms with E-state index in [1.165, 1.54) is 17.7 Å². The van der Waals surface area contributed by atoms with Crippen LogP contribution < -0.4 is 5.32 Å². The molecule has 0 radical (unpaired) electrons. The maximum atomic E-state index is 12.5. The SMILES string of the molecule is CCC1CCc2nc(NC(=O)c3cnc(-c4ccccc4)nc3)sc2C1. The monoisotopic (exact) mass is 364 g/mol. The summed E-state index contributed by atoms with van der Waals surface area (Å²) in [7, 11) is 0. The van der Waals surface area contributed by atoms with Crippen LogP contribution in [0.25, 0.3) is 11.4 Å². The lowest BCUT2D eigenvalue weighted by atomic mass is 9.89. The number of fused-ring (bicyclic) bond motifs is 1. The summed E-state index contributed by atoms with van der Waals surface area (Å²) >= 11 is 1.59. The Morgan fingerprint density at radius 2 is 2.00 bits per heavy atom. The molecule has 0 fully saturated rings. The van der Waals surface area contributed by atoms with Gasteiger partial charge in [0.25, 0.3) is 5.91 Å². The Morgan fingerprint density at radius 1 is 1.23 bits per heavy atom. The van der Waals surface area contributed by atoms with Crippen LogP contribution >= 0.6 is 11.3 Å². The lowest BCUT2D eigenvalue weighted by Crippen LogP contribution is -2.13. The second kappa shape index (κ2) is 7.33. The van der Waals surface area contributed by atoms with Gasteiger partial charge >= 0.3 is 0 Å². The van der Waals surface area contributed by atoms with Gasteiger partial charge in [0.15, 0.2) is 11.0 Å². The smallest absolute Gasteiger partial charge is 0.260 e. The van der Waals surface area contributed by atoms with Crippen molar-refractivity contribution < 1.29 is 4.79 Å². The third-order valence-corrected chi connectivity index (χ3v) is 5.82. The molecule has 1 N–H and O–H groups in total. The van der Waals surface area contributed by atoms with Crippen LogP contribution in [0.3, 0.4) is 0 Å². The number of thiazole rings is 1. The standard InChI is InChI=1S/C20H20N4OS/c1-2-13-8-9-16-17(10-13)26-20(23-16)24-19(25)15-11-21-18(22-12-15)14-6-4-3-5-7-14/h3-7,11-13H,2,8-10H2,1H3,(H,23,24,25). The third-order valence-electron chi connectivity index (χ3n) is 4.79. The molecule has 1 aliphatic carbocycles. The van der Waals surface area contributed by atoms with E-state index in [0.29, 0.717) is 16.5 Å². The van der Waals surface area contributed by atoms with Gasteiger partial charge in [0, 0.05) is 22.8 Å². The highest BCUT2D eigenvalue weighted by molar-refractivity contribution is 7.15. The molecular weight excluding hydrogens is 344 g/mol. The Balaban J connectivity index is 1.46. The van der Waals surface area contributed by atoms with Gasteiger partial charge in [0.2, 0.25) is 0 Å². The molecule has 0 saturated heterocycles. The van der Waals surface area contributed by atoms with Crippen molar-refractivity contribution in [1.82, 2.24) is 15.0 Å². The Bertz CT molecular complexity index is 905. The van der Waals surface area contributed by atoms with E-state index in [1.54, 1.807) is 23.7 Å². The molecule has 6 heteroatoms. The fraction of sp³-hybridized carbons (Fsp3) is 0.300. The minimum absolute atomic E-state index is 0.220. The lowest BCUT2D eigenvalue weighted by Gasteiger charge is -2.18. The Kier molecular flexibility index (Phi) is 4.75. The third kappa shape index (κ3) is 3.51. The molecule has 0 aliphatic heterocycles. The minimum Gasteiger partial charge on any atom is -0.298 e. The van der Waals surface area contributed by atoms with Crippen molar-refractivity contribution in [1.29, 1.82) is 0 Å². The molecule has 0 bridgehead atoms. The average molecular weight is 364 g/mol. The maximum Gasteiger partial charge on any atom is 0.260 e. The van der Waals surface area contributed by atoms with Gasteiger partial charge < -0.3 is 0 Å². The van der Waals surface area contributed by atoms with E-state index >= 15 is 0 Å². The maximum absolute atomic E-state index is 12.5. The van der Waals surface area contributed by atoms with Crippen molar-refractivity contribution in [2.75, 3.05) is 5.32 Å². The van der Waals surface area contributed by atoms with Crippen LogP contribution in [-0.2, 0) is 12.8 Å². The van der Waals surface area contributed by atoms with Crippen LogP contribution in [0.2, 0.25) is 0 Å². The summed E-state index contributed by atoms with van der Waals surface area (Å²) in [4.78, 5) is 27.0. The number of anilines is 1. The predicted molar refractivity (Wildman–Crippen MR) is 103 cm³/mol. The normalized spacial score (nSPS) is 16.1. The van der Waals surface area contributed by atoms with Crippen LogP contribution in [-0.4, -0.2) is 20.9 Å². The number of aryl methyl sites for hydroxylation is 1. The molecule has 0 spiro atoms. The summed E-state index contributed by atoms with van der Waals surface area (Å²) in [5.41, 5.74) is 2.51. The van der Waals surface area contributed by atoms with Crippen LogP contribution in [0.5, 0.6) is 0 Å². The topological polar surface area (TPSA) is 67.8 Å². The quantitative estimate of drug-likeness (QED) is 0.746. The van der Waals surface area contributed by atoms with Gasteiger partial charge in [-0.15, -0.1) is 11.3 Å². The number of hydrogen-bond donors (Lipinski definition) is 1. The van der Waals surface area contributed by atoms with Gasteiger partial charge in [-0.2, -0.15) is 0 Å². The highest BCUT2D eigenvalue weighted by Gasteiger charge is 2.22. The molecule has 2 heterocycles. The molecule has 1 unspecified atom stereocenters. The van der Waals surface area contributed by atoms with Crippen molar-refractivity contribution in [2.45, 2.75) is 32.6 Å². The molecular formula is C20H20N4OS. The van der Waals surface area contributed by atoms with Crippen molar-refractivity contribution in [3.8, 4) is 11.4 Å². The number of amides is 1. The van der Waals surface area contributed by atoms with E-state index in [-0.39, 0.29) is 5.91 Å². The molecule has 1 atom stereocenters. The summed E-state index contributed by atoms with van der Waals surface area (Å²) in [5, 5.41) is 3.57. The summed E-state index contributed by atoms with van der Waals surface area (Å²) in [5.74, 6) is 1.13. The molecule has 26 heavy (non-hydrogen) atoms. The highest BCUT2D eigenvalue weighted by Crippen LogP contribution is 2.33. The second-order valence-corrected chi connectivity index (χ2v) is 7.61. The first-order chi connectivity index (χ1) is 12.7. The summed E-state index contributed by atoms with van der Waals surface area (Å²) < 4.78 is 0. The summed E-state index contributed by atoms with van der Waals surface area (Å²) in [6.45, 7) is 2.23. The summed E-state index contributed by atoms with van der Waals surface area (Å²) in [6, 6.07) is 9.71. The highest BCUT2D eigenvalue weighted by atomic mass is 32.1. The van der Waals surface area contributed by atoms with Crippen molar-refractivity contribution >= 4 is 22.4 Å². The number of nitrogens with one attached hydrogen (secondary N) is 1. The number of carbonyl (C=O) groups excluding carboxylic acids is 1. The molecule has 4 rings (SSSR count).